The fraction of sp³-hybridized carbons (Fsp3) is 0.511. The molecule has 1 heterocycles. The van der Waals surface area contributed by atoms with E-state index in [2.05, 4.69) is 19.9 Å². The summed E-state index contributed by atoms with van der Waals surface area (Å²) in [5.41, 5.74) is 2.06. The van der Waals surface area contributed by atoms with Crippen LogP contribution in [0.2, 0.25) is 5.02 Å². The number of ketones is 1. The van der Waals surface area contributed by atoms with Crippen molar-refractivity contribution >= 4 is 23.3 Å². The molecule has 10 heteroatoms. The second-order valence-electron chi connectivity index (χ2n) is 16.0. The molecule has 2 fully saturated rings. The summed E-state index contributed by atoms with van der Waals surface area (Å²) >= 11 is 6.40. The average molecular weight is 776 g/mol. The molecule has 7 rings (SSSR count). The van der Waals surface area contributed by atoms with E-state index in [4.69, 9.17) is 25.8 Å². The van der Waals surface area contributed by atoms with Gasteiger partial charge in [-0.2, -0.15) is 0 Å². The minimum Gasteiger partial charge on any atom is -0.493 e. The lowest BCUT2D eigenvalue weighted by Crippen LogP contribution is -2.55. The fourth-order valence-electron chi connectivity index (χ4n) is 9.08. The maximum Gasteiger partial charge on any atom is 0.227 e. The number of aliphatic hydroxyl groups is 2. The predicted octanol–water partition coefficient (Wildman–Crippen LogP) is 8.21. The van der Waals surface area contributed by atoms with Crippen LogP contribution in [0.25, 0.3) is 0 Å². The van der Waals surface area contributed by atoms with Crippen LogP contribution >= 0.6 is 11.6 Å². The zero-order chi connectivity index (χ0) is 39.3. The molecule has 0 spiro atoms. The number of methoxy groups -OCH3 is 2. The molecule has 1 saturated heterocycles. The van der Waals surface area contributed by atoms with Crippen molar-refractivity contribution in [3.05, 3.63) is 105 Å². The SMILES string of the molecule is COc1ccc(CC(=O)N(CC2CCCO2)CC2(O)CCC3c4ccc(cc4C(=O)Cc4c(F)cccc4Cl)CC(O)CCC(C)=CCCC32C)cc1OC. The average Bonchev–Trinajstić information content (AvgIpc) is 3.77. The lowest BCUT2D eigenvalue weighted by Gasteiger charge is -2.46. The van der Waals surface area contributed by atoms with Crippen LogP contribution in [0.4, 0.5) is 4.39 Å². The summed E-state index contributed by atoms with van der Waals surface area (Å²) in [7, 11) is 3.13. The molecule has 8 nitrogen and oxygen atoms in total. The van der Waals surface area contributed by atoms with Gasteiger partial charge in [0.05, 0.1) is 45.0 Å². The molecule has 0 radical (unpaired) electrons. The van der Waals surface area contributed by atoms with Crippen molar-refractivity contribution < 1.29 is 38.4 Å². The Hall–Kier alpha value is -3.76. The highest BCUT2D eigenvalue weighted by molar-refractivity contribution is 6.31. The molecular weight excluding hydrogens is 721 g/mol. The van der Waals surface area contributed by atoms with E-state index in [1.54, 1.807) is 31.3 Å². The normalized spacial score (nSPS) is 25.5. The van der Waals surface area contributed by atoms with Crippen LogP contribution in [-0.4, -0.2) is 78.5 Å². The quantitative estimate of drug-likeness (QED) is 0.150. The number of ether oxygens (including phenoxy) is 3. The Morgan fingerprint density at radius 3 is 2.55 bits per heavy atom. The molecule has 0 aromatic heterocycles. The molecule has 2 bridgehead atoms. The number of carbonyl (C=O) groups is 2. The van der Waals surface area contributed by atoms with Crippen molar-refractivity contribution in [3.8, 4) is 11.5 Å². The first-order chi connectivity index (χ1) is 26.3. The summed E-state index contributed by atoms with van der Waals surface area (Å²) < 4.78 is 32.0. The van der Waals surface area contributed by atoms with Crippen LogP contribution in [0.15, 0.2) is 66.2 Å². The lowest BCUT2D eigenvalue weighted by atomic mass is 9.64. The summed E-state index contributed by atoms with van der Waals surface area (Å²) in [5, 5.41) is 24.2. The van der Waals surface area contributed by atoms with Crippen LogP contribution in [0, 0.1) is 11.2 Å². The van der Waals surface area contributed by atoms with Gasteiger partial charge in [0, 0.05) is 41.1 Å². The summed E-state index contributed by atoms with van der Waals surface area (Å²) in [5.74, 6) is -0.0821. The van der Waals surface area contributed by atoms with Crippen molar-refractivity contribution in [1.82, 2.24) is 4.90 Å². The van der Waals surface area contributed by atoms with Gasteiger partial charge in [0.1, 0.15) is 5.82 Å². The summed E-state index contributed by atoms with van der Waals surface area (Å²) in [4.78, 5) is 30.4. The summed E-state index contributed by atoms with van der Waals surface area (Å²) in [6.45, 7) is 5.28. The van der Waals surface area contributed by atoms with Crippen LogP contribution < -0.4 is 9.47 Å². The van der Waals surface area contributed by atoms with E-state index in [9.17, 15) is 19.8 Å². The smallest absolute Gasteiger partial charge is 0.227 e. The van der Waals surface area contributed by atoms with Gasteiger partial charge in [-0.05, 0) is 118 Å². The molecule has 3 aromatic rings. The van der Waals surface area contributed by atoms with E-state index < -0.39 is 22.9 Å². The van der Waals surface area contributed by atoms with Gasteiger partial charge in [-0.3, -0.25) is 9.59 Å². The number of hydrogen-bond acceptors (Lipinski definition) is 7. The Bertz CT molecular complexity index is 1870. The number of benzene rings is 3. The minimum absolute atomic E-state index is 0.104. The third-order valence-corrected chi connectivity index (χ3v) is 12.8. The minimum atomic E-state index is -1.31. The maximum atomic E-state index is 15.0. The van der Waals surface area contributed by atoms with Crippen molar-refractivity contribution in [2.24, 2.45) is 5.41 Å². The highest BCUT2D eigenvalue weighted by atomic mass is 35.5. The van der Waals surface area contributed by atoms with Crippen LogP contribution in [-0.2, 0) is 28.8 Å². The van der Waals surface area contributed by atoms with Gasteiger partial charge in [0.2, 0.25) is 5.91 Å². The molecule has 1 aliphatic heterocycles. The molecule has 1 amide bonds. The van der Waals surface area contributed by atoms with Crippen molar-refractivity contribution in [3.63, 3.8) is 0 Å². The second-order valence-corrected chi connectivity index (χ2v) is 16.4. The Labute approximate surface area is 329 Å². The van der Waals surface area contributed by atoms with Crippen LogP contribution in [0.5, 0.6) is 11.5 Å². The standard InChI is InChI=1S/C45H55ClFNO7/c1-29-8-6-19-44(2)37(34-16-13-30(22-32(49)15-12-29)23-35(34)40(50)26-36-38(46)10-5-11-39(36)47)18-20-45(44,52)28-48(27-33-9-7-21-55-33)43(51)25-31-14-17-41(53-3)42(24-31)54-4/h5,8,10-11,13-14,16-17,23-24,32-33,37,49,52H,6-7,9,12,15,18-22,25-28H2,1-4H3. The third kappa shape index (κ3) is 9.12. The van der Waals surface area contributed by atoms with E-state index >= 15 is 4.39 Å². The summed E-state index contributed by atoms with van der Waals surface area (Å²) in [6.07, 6.45) is 7.05. The first-order valence-corrected chi connectivity index (χ1v) is 20.0. The van der Waals surface area contributed by atoms with Crippen molar-refractivity contribution in [1.29, 1.82) is 0 Å². The molecule has 2 N–H and O–H groups in total. The molecule has 5 atom stereocenters. The number of nitrogens with zero attached hydrogens (tertiary/aromatic N) is 1. The molecule has 1 saturated carbocycles. The Morgan fingerprint density at radius 1 is 1.02 bits per heavy atom. The van der Waals surface area contributed by atoms with Gasteiger partial charge < -0.3 is 29.3 Å². The topological polar surface area (TPSA) is 106 Å². The van der Waals surface area contributed by atoms with Gasteiger partial charge in [0.25, 0.3) is 0 Å². The van der Waals surface area contributed by atoms with Gasteiger partial charge in [-0.1, -0.05) is 54.4 Å². The second kappa shape index (κ2) is 17.6. The Balaban J connectivity index is 1.38. The monoisotopic (exact) mass is 775 g/mol. The number of aliphatic hydroxyl groups excluding tert-OH is 1. The molecule has 4 aliphatic rings. The molecule has 5 unspecified atom stereocenters. The number of rotatable bonds is 11. The highest BCUT2D eigenvalue weighted by Crippen LogP contribution is 2.59. The van der Waals surface area contributed by atoms with Gasteiger partial charge >= 0.3 is 0 Å². The Kier molecular flexibility index (Phi) is 13.1. The van der Waals surface area contributed by atoms with E-state index in [1.807, 2.05) is 30.3 Å². The number of allylic oxidation sites excluding steroid dienone is 2. The van der Waals surface area contributed by atoms with Crippen molar-refractivity contribution in [2.45, 2.75) is 108 Å². The van der Waals surface area contributed by atoms with Crippen LogP contribution in [0.1, 0.15) is 104 Å². The number of carbonyl (C=O) groups excluding carboxylic acids is 2. The zero-order valence-electron chi connectivity index (χ0n) is 32.5. The van der Waals surface area contributed by atoms with E-state index in [0.717, 1.165) is 36.0 Å². The van der Waals surface area contributed by atoms with Gasteiger partial charge in [-0.25, -0.2) is 4.39 Å². The number of Topliss-reactive ketones (excluding diaryl/α,β-unsaturated/α-hetero) is 1. The Morgan fingerprint density at radius 2 is 1.82 bits per heavy atom. The number of amides is 1. The lowest BCUT2D eigenvalue weighted by molar-refractivity contribution is -0.141. The van der Waals surface area contributed by atoms with E-state index in [-0.39, 0.29) is 53.7 Å². The predicted molar refractivity (Wildman–Crippen MR) is 212 cm³/mol. The number of halogens is 2. The zero-order valence-corrected chi connectivity index (χ0v) is 33.3. The molecular formula is C45H55ClFNO7. The summed E-state index contributed by atoms with van der Waals surface area (Å²) in [6, 6.07) is 15.6. The molecule has 3 aromatic carbocycles. The van der Waals surface area contributed by atoms with Crippen LogP contribution in [0.3, 0.4) is 0 Å². The molecule has 55 heavy (non-hydrogen) atoms. The van der Waals surface area contributed by atoms with Gasteiger partial charge in [0.15, 0.2) is 17.3 Å². The van der Waals surface area contributed by atoms with Gasteiger partial charge in [-0.15, -0.1) is 0 Å². The fourth-order valence-corrected chi connectivity index (χ4v) is 9.31. The molecule has 296 valence electrons. The third-order valence-electron chi connectivity index (χ3n) is 12.4. The first kappa shape index (κ1) is 40.9. The maximum absolute atomic E-state index is 15.0. The largest absolute Gasteiger partial charge is 0.493 e. The molecule has 3 aliphatic carbocycles. The van der Waals surface area contributed by atoms with E-state index in [1.165, 1.54) is 17.7 Å². The highest BCUT2D eigenvalue weighted by Gasteiger charge is 2.57. The number of hydrogen-bond donors (Lipinski definition) is 2. The number of fused-ring (bicyclic) bond motifs is 8. The van der Waals surface area contributed by atoms with E-state index in [0.29, 0.717) is 68.7 Å². The van der Waals surface area contributed by atoms with Crippen molar-refractivity contribution in [2.75, 3.05) is 33.9 Å². The first-order valence-electron chi connectivity index (χ1n) is 19.6.